The highest BCUT2D eigenvalue weighted by molar-refractivity contribution is 4.46. The smallest absolute Gasteiger partial charge is 0.211 e. The van der Waals surface area contributed by atoms with Gasteiger partial charge in [-0.15, -0.1) is 0 Å². The Bertz CT molecular complexity index is 52.9. The first-order valence-electron chi connectivity index (χ1n) is 3.34. The third-order valence-electron chi connectivity index (χ3n) is 1.17. The van der Waals surface area contributed by atoms with Crippen molar-refractivity contribution in [1.29, 1.82) is 0 Å². The molecule has 0 N–H and O–H groups in total. The molecule has 1 radical (unpaired) electrons. The molecule has 0 bridgehead atoms. The molecule has 0 aliphatic carbocycles. The summed E-state index contributed by atoms with van der Waals surface area (Å²) in [5, 5.41) is 0. The standard InChI is InChI=1S/C7H13F2/c1-2-3-4-5-6-7(8)9/h7H,1-6H2. The molecule has 55 valence electrons. The van der Waals surface area contributed by atoms with Gasteiger partial charge in [-0.2, -0.15) is 0 Å². The van der Waals surface area contributed by atoms with Gasteiger partial charge in [-0.25, -0.2) is 8.78 Å². The van der Waals surface area contributed by atoms with Gasteiger partial charge in [0.25, 0.3) is 0 Å². The maximum Gasteiger partial charge on any atom is 0.238 e. The molecular weight excluding hydrogens is 122 g/mol. The van der Waals surface area contributed by atoms with Crippen LogP contribution in [0.1, 0.15) is 32.1 Å². The summed E-state index contributed by atoms with van der Waals surface area (Å²) in [4.78, 5) is 0. The molecule has 0 atom stereocenters. The SMILES string of the molecule is [CH2]CCCCCC(F)F. The fraction of sp³-hybridized carbons (Fsp3) is 0.857. The van der Waals surface area contributed by atoms with Crippen LogP contribution in [0.25, 0.3) is 0 Å². The van der Waals surface area contributed by atoms with Crippen molar-refractivity contribution in [2.24, 2.45) is 0 Å². The van der Waals surface area contributed by atoms with Crippen molar-refractivity contribution in [2.45, 2.75) is 38.5 Å². The van der Waals surface area contributed by atoms with E-state index in [-0.39, 0.29) is 6.42 Å². The monoisotopic (exact) mass is 135 g/mol. The zero-order valence-electron chi connectivity index (χ0n) is 5.58. The Hall–Kier alpha value is -0.140. The van der Waals surface area contributed by atoms with Crippen molar-refractivity contribution in [3.8, 4) is 0 Å². The summed E-state index contributed by atoms with van der Waals surface area (Å²) in [7, 11) is 0. The van der Waals surface area contributed by atoms with Gasteiger partial charge in [0.05, 0.1) is 0 Å². The second-order valence-electron chi connectivity index (χ2n) is 2.09. The van der Waals surface area contributed by atoms with Crippen LogP contribution in [0.3, 0.4) is 0 Å². The summed E-state index contributed by atoms with van der Waals surface area (Å²) in [6.07, 6.45) is 1.33. The van der Waals surface area contributed by atoms with Crippen molar-refractivity contribution in [2.75, 3.05) is 0 Å². The van der Waals surface area contributed by atoms with Gasteiger partial charge in [0.2, 0.25) is 6.43 Å². The molecular formula is C7H13F2. The van der Waals surface area contributed by atoms with Crippen molar-refractivity contribution in [3.05, 3.63) is 6.92 Å². The van der Waals surface area contributed by atoms with E-state index in [9.17, 15) is 8.78 Å². The second kappa shape index (κ2) is 5.99. The molecule has 0 heterocycles. The van der Waals surface area contributed by atoms with E-state index in [1.54, 1.807) is 0 Å². The minimum Gasteiger partial charge on any atom is -0.211 e. The van der Waals surface area contributed by atoms with Gasteiger partial charge in [0.15, 0.2) is 0 Å². The van der Waals surface area contributed by atoms with Gasteiger partial charge in [0.1, 0.15) is 0 Å². The van der Waals surface area contributed by atoms with E-state index in [0.717, 1.165) is 19.3 Å². The van der Waals surface area contributed by atoms with Gasteiger partial charge < -0.3 is 0 Å². The lowest BCUT2D eigenvalue weighted by Gasteiger charge is -1.96. The molecule has 0 unspecified atom stereocenters. The van der Waals surface area contributed by atoms with Crippen molar-refractivity contribution in [3.63, 3.8) is 0 Å². The largest absolute Gasteiger partial charge is 0.238 e. The molecule has 0 rings (SSSR count). The van der Waals surface area contributed by atoms with Crippen LogP contribution in [0, 0.1) is 6.92 Å². The molecule has 0 aromatic heterocycles. The molecule has 0 saturated carbocycles. The third kappa shape index (κ3) is 7.86. The summed E-state index contributed by atoms with van der Waals surface area (Å²) >= 11 is 0. The van der Waals surface area contributed by atoms with Crippen molar-refractivity contribution in [1.82, 2.24) is 0 Å². The Kier molecular flexibility index (Phi) is 5.89. The Labute approximate surface area is 55.3 Å². The topological polar surface area (TPSA) is 0 Å². The van der Waals surface area contributed by atoms with Crippen molar-refractivity contribution < 1.29 is 8.78 Å². The fourth-order valence-corrected chi connectivity index (χ4v) is 0.652. The summed E-state index contributed by atoms with van der Waals surface area (Å²) in [6, 6.07) is 0. The molecule has 0 spiro atoms. The van der Waals surface area contributed by atoms with Crippen LogP contribution in [-0.2, 0) is 0 Å². The lowest BCUT2D eigenvalue weighted by atomic mass is 10.2. The molecule has 0 saturated heterocycles. The van der Waals surface area contributed by atoms with Gasteiger partial charge in [0, 0.05) is 6.42 Å². The van der Waals surface area contributed by atoms with Gasteiger partial charge in [-0.05, 0) is 6.42 Å². The van der Waals surface area contributed by atoms with Gasteiger partial charge >= 0.3 is 0 Å². The zero-order valence-corrected chi connectivity index (χ0v) is 5.58. The van der Waals surface area contributed by atoms with Crippen LogP contribution in [-0.4, -0.2) is 6.43 Å². The number of unbranched alkanes of at least 4 members (excludes halogenated alkanes) is 3. The predicted molar refractivity (Wildman–Crippen MR) is 34.4 cm³/mol. The highest BCUT2D eigenvalue weighted by Gasteiger charge is 1.99. The number of halogens is 2. The summed E-state index contributed by atoms with van der Waals surface area (Å²) < 4.78 is 22.9. The molecule has 2 heteroatoms. The Morgan fingerprint density at radius 3 is 2.22 bits per heavy atom. The van der Waals surface area contributed by atoms with E-state index in [4.69, 9.17) is 0 Å². The van der Waals surface area contributed by atoms with Gasteiger partial charge in [-0.1, -0.05) is 26.2 Å². The quantitative estimate of drug-likeness (QED) is 0.508. The molecule has 0 aliphatic rings. The van der Waals surface area contributed by atoms with E-state index in [2.05, 4.69) is 6.92 Å². The average molecular weight is 135 g/mol. The number of hydrogen-bond acceptors (Lipinski definition) is 0. The zero-order chi connectivity index (χ0) is 7.11. The average Bonchev–Trinajstić information content (AvgIpc) is 1.80. The summed E-state index contributed by atoms with van der Waals surface area (Å²) in [6.45, 7) is 3.61. The highest BCUT2D eigenvalue weighted by atomic mass is 19.3. The minimum absolute atomic E-state index is 0.0556. The summed E-state index contributed by atoms with van der Waals surface area (Å²) in [5.41, 5.74) is 0. The predicted octanol–water partition coefficient (Wildman–Crippen LogP) is 3.04. The van der Waals surface area contributed by atoms with Crippen LogP contribution in [0.15, 0.2) is 0 Å². The first kappa shape index (κ1) is 8.86. The Morgan fingerprint density at radius 1 is 1.11 bits per heavy atom. The Morgan fingerprint density at radius 2 is 1.78 bits per heavy atom. The van der Waals surface area contributed by atoms with E-state index in [1.165, 1.54) is 0 Å². The molecule has 0 aromatic rings. The maximum absolute atomic E-state index is 11.4. The number of alkyl halides is 2. The first-order chi connectivity index (χ1) is 4.27. The second-order valence-corrected chi connectivity index (χ2v) is 2.09. The molecule has 0 aliphatic heterocycles. The van der Waals surface area contributed by atoms with E-state index in [1.807, 2.05) is 0 Å². The van der Waals surface area contributed by atoms with Crippen molar-refractivity contribution >= 4 is 0 Å². The molecule has 0 amide bonds. The van der Waals surface area contributed by atoms with Crippen LogP contribution in [0.4, 0.5) is 8.78 Å². The van der Waals surface area contributed by atoms with Crippen LogP contribution < -0.4 is 0 Å². The lowest BCUT2D eigenvalue weighted by molar-refractivity contribution is 0.134. The van der Waals surface area contributed by atoms with E-state index < -0.39 is 6.43 Å². The highest BCUT2D eigenvalue weighted by Crippen LogP contribution is 2.07. The van der Waals surface area contributed by atoms with Crippen LogP contribution in [0.5, 0.6) is 0 Å². The molecule has 0 fully saturated rings. The normalized spacial score (nSPS) is 10.7. The molecule has 0 nitrogen and oxygen atoms in total. The molecule has 0 aromatic carbocycles. The van der Waals surface area contributed by atoms with Crippen LogP contribution in [0.2, 0.25) is 0 Å². The number of hydrogen-bond donors (Lipinski definition) is 0. The third-order valence-corrected chi connectivity index (χ3v) is 1.17. The first-order valence-corrected chi connectivity index (χ1v) is 3.34. The summed E-state index contributed by atoms with van der Waals surface area (Å²) in [5.74, 6) is 0. The minimum atomic E-state index is -2.12. The maximum atomic E-state index is 11.4. The fourth-order valence-electron chi connectivity index (χ4n) is 0.652. The Balaban J connectivity index is 2.75. The lowest BCUT2D eigenvalue weighted by Crippen LogP contribution is -1.88. The van der Waals surface area contributed by atoms with Crippen LogP contribution >= 0.6 is 0 Å². The molecule has 9 heavy (non-hydrogen) atoms. The number of rotatable bonds is 5. The van der Waals surface area contributed by atoms with E-state index in [0.29, 0.717) is 6.42 Å². The van der Waals surface area contributed by atoms with E-state index >= 15 is 0 Å². The van der Waals surface area contributed by atoms with Gasteiger partial charge in [-0.3, -0.25) is 0 Å².